The van der Waals surface area contributed by atoms with E-state index in [9.17, 15) is 18.0 Å². The Morgan fingerprint density at radius 3 is 2.12 bits per heavy atom. The van der Waals surface area contributed by atoms with Gasteiger partial charge in [-0.05, 0) is 75.1 Å². The van der Waals surface area contributed by atoms with Gasteiger partial charge in [0, 0.05) is 28.7 Å². The highest BCUT2D eigenvalue weighted by Gasteiger charge is 2.34. The van der Waals surface area contributed by atoms with Crippen LogP contribution in [0.15, 0.2) is 65.6 Å². The van der Waals surface area contributed by atoms with Crippen LogP contribution in [-0.2, 0) is 26.2 Å². The summed E-state index contributed by atoms with van der Waals surface area (Å²) in [6.07, 6.45) is 2.00. The van der Waals surface area contributed by atoms with Crippen LogP contribution >= 0.6 is 23.2 Å². The van der Waals surface area contributed by atoms with Gasteiger partial charge in [-0.2, -0.15) is 0 Å². The van der Waals surface area contributed by atoms with Crippen molar-refractivity contribution in [2.75, 3.05) is 17.4 Å². The number of amides is 2. The van der Waals surface area contributed by atoms with E-state index < -0.39 is 28.5 Å². The standard InChI is InChI=1S/C32H39Cl2N3O4S/c1-6-8-19-35-32(39)29(7-2)36(20-26-27(33)12-10-13-28(26)34)31(38)21-37(30-14-9-11-23(4)24(30)5)42(40,41)25-17-15-22(3)16-18-25/h9-18,29H,6-8,19-21H2,1-5H3,(H,35,39)/t29-/m1/s1. The van der Waals surface area contributed by atoms with Crippen molar-refractivity contribution in [3.8, 4) is 0 Å². The summed E-state index contributed by atoms with van der Waals surface area (Å²) in [7, 11) is -4.16. The van der Waals surface area contributed by atoms with Crippen LogP contribution in [0.1, 0.15) is 55.4 Å². The number of hydrogen-bond donors (Lipinski definition) is 1. The van der Waals surface area contributed by atoms with Crippen molar-refractivity contribution in [1.82, 2.24) is 10.2 Å². The first-order chi connectivity index (χ1) is 19.9. The fourth-order valence-electron chi connectivity index (χ4n) is 4.64. The molecule has 7 nitrogen and oxygen atoms in total. The number of rotatable bonds is 13. The fourth-order valence-corrected chi connectivity index (χ4v) is 6.62. The maximum absolute atomic E-state index is 14.3. The molecule has 3 aromatic carbocycles. The number of anilines is 1. The zero-order valence-corrected chi connectivity index (χ0v) is 27.1. The van der Waals surface area contributed by atoms with Gasteiger partial charge in [0.05, 0.1) is 10.6 Å². The van der Waals surface area contributed by atoms with Gasteiger partial charge in [-0.15, -0.1) is 0 Å². The zero-order chi connectivity index (χ0) is 31.0. The summed E-state index contributed by atoms with van der Waals surface area (Å²) >= 11 is 13.0. The quantitative estimate of drug-likeness (QED) is 0.209. The molecule has 0 aliphatic heterocycles. The molecule has 0 aliphatic carbocycles. The average Bonchev–Trinajstić information content (AvgIpc) is 2.95. The first-order valence-electron chi connectivity index (χ1n) is 14.1. The van der Waals surface area contributed by atoms with Gasteiger partial charge in [0.15, 0.2) is 0 Å². The smallest absolute Gasteiger partial charge is 0.264 e. The Hall–Kier alpha value is -3.07. The molecule has 0 aliphatic rings. The highest BCUT2D eigenvalue weighted by atomic mass is 35.5. The third-order valence-corrected chi connectivity index (χ3v) is 9.82. The van der Waals surface area contributed by atoms with Crippen molar-refractivity contribution in [2.24, 2.45) is 0 Å². The molecular weight excluding hydrogens is 593 g/mol. The number of aryl methyl sites for hydroxylation is 2. The molecule has 0 heterocycles. The second kappa shape index (κ2) is 14.9. The van der Waals surface area contributed by atoms with Crippen LogP contribution in [0.25, 0.3) is 0 Å². The molecule has 0 aromatic heterocycles. The van der Waals surface area contributed by atoms with Crippen LogP contribution in [0.4, 0.5) is 5.69 Å². The predicted molar refractivity (Wildman–Crippen MR) is 171 cm³/mol. The lowest BCUT2D eigenvalue weighted by Gasteiger charge is -2.34. The van der Waals surface area contributed by atoms with Crippen LogP contribution in [0.3, 0.4) is 0 Å². The lowest BCUT2D eigenvalue weighted by atomic mass is 10.1. The Balaban J connectivity index is 2.12. The molecule has 0 radical (unpaired) electrons. The minimum atomic E-state index is -4.16. The van der Waals surface area contributed by atoms with E-state index in [1.807, 2.05) is 40.7 Å². The van der Waals surface area contributed by atoms with Gasteiger partial charge in [0.25, 0.3) is 10.0 Å². The molecule has 42 heavy (non-hydrogen) atoms. The van der Waals surface area contributed by atoms with Crippen LogP contribution in [0, 0.1) is 20.8 Å². The highest BCUT2D eigenvalue weighted by Crippen LogP contribution is 2.31. The summed E-state index contributed by atoms with van der Waals surface area (Å²) in [6, 6.07) is 16.0. The van der Waals surface area contributed by atoms with Crippen LogP contribution in [0.5, 0.6) is 0 Å². The molecular formula is C32H39Cl2N3O4S. The lowest BCUT2D eigenvalue weighted by Crippen LogP contribution is -2.52. The van der Waals surface area contributed by atoms with Gasteiger partial charge < -0.3 is 10.2 Å². The maximum Gasteiger partial charge on any atom is 0.264 e. The van der Waals surface area contributed by atoms with Crippen molar-refractivity contribution in [2.45, 2.75) is 71.4 Å². The molecule has 0 unspecified atom stereocenters. The molecule has 2 amide bonds. The molecule has 0 bridgehead atoms. The predicted octanol–water partition coefficient (Wildman–Crippen LogP) is 6.84. The third-order valence-electron chi connectivity index (χ3n) is 7.34. The Morgan fingerprint density at radius 1 is 0.905 bits per heavy atom. The molecule has 0 saturated heterocycles. The van der Waals surface area contributed by atoms with Gasteiger partial charge in [-0.1, -0.05) is 79.4 Å². The number of carbonyl (C=O) groups excluding carboxylic acids is 2. The Bertz CT molecular complexity index is 1490. The average molecular weight is 633 g/mol. The maximum atomic E-state index is 14.3. The molecule has 0 spiro atoms. The minimum absolute atomic E-state index is 0.0619. The summed E-state index contributed by atoms with van der Waals surface area (Å²) in [6.45, 7) is 9.29. The van der Waals surface area contributed by atoms with E-state index in [-0.39, 0.29) is 17.3 Å². The monoisotopic (exact) mass is 631 g/mol. The number of carbonyl (C=O) groups is 2. The molecule has 3 aromatic rings. The fraction of sp³-hybridized carbons (Fsp3) is 0.375. The largest absolute Gasteiger partial charge is 0.354 e. The summed E-state index contributed by atoms with van der Waals surface area (Å²) in [5.74, 6) is -0.873. The number of sulfonamides is 1. The van der Waals surface area contributed by atoms with Crippen molar-refractivity contribution >= 4 is 50.7 Å². The number of halogens is 2. The third kappa shape index (κ3) is 7.85. The van der Waals surface area contributed by atoms with E-state index in [1.54, 1.807) is 42.5 Å². The zero-order valence-electron chi connectivity index (χ0n) is 24.8. The molecule has 1 atom stereocenters. The minimum Gasteiger partial charge on any atom is -0.354 e. The SMILES string of the molecule is CCCCNC(=O)[C@@H](CC)N(Cc1c(Cl)cccc1Cl)C(=O)CN(c1cccc(C)c1C)S(=O)(=O)c1ccc(C)cc1. The Morgan fingerprint density at radius 2 is 1.52 bits per heavy atom. The summed E-state index contributed by atoms with van der Waals surface area (Å²) in [4.78, 5) is 29.1. The van der Waals surface area contributed by atoms with E-state index in [0.29, 0.717) is 34.3 Å². The summed E-state index contributed by atoms with van der Waals surface area (Å²) in [5, 5.41) is 3.61. The van der Waals surface area contributed by atoms with E-state index in [2.05, 4.69) is 5.32 Å². The van der Waals surface area contributed by atoms with Gasteiger partial charge in [-0.25, -0.2) is 8.42 Å². The first kappa shape index (κ1) is 33.4. The summed E-state index contributed by atoms with van der Waals surface area (Å²) < 4.78 is 29.4. The lowest BCUT2D eigenvalue weighted by molar-refractivity contribution is -0.140. The normalized spacial score (nSPS) is 12.1. The number of hydrogen-bond acceptors (Lipinski definition) is 4. The van der Waals surface area contributed by atoms with Crippen molar-refractivity contribution in [1.29, 1.82) is 0 Å². The summed E-state index contributed by atoms with van der Waals surface area (Å²) in [5.41, 5.74) is 3.39. The number of benzene rings is 3. The van der Waals surface area contributed by atoms with Crippen LogP contribution in [-0.4, -0.2) is 44.3 Å². The number of nitrogens with one attached hydrogen (secondary N) is 1. The van der Waals surface area contributed by atoms with E-state index >= 15 is 0 Å². The molecule has 0 fully saturated rings. The topological polar surface area (TPSA) is 86.8 Å². The molecule has 1 N–H and O–H groups in total. The van der Waals surface area contributed by atoms with Gasteiger partial charge in [0.1, 0.15) is 12.6 Å². The molecule has 0 saturated carbocycles. The number of nitrogens with zero attached hydrogens (tertiary/aromatic N) is 2. The van der Waals surface area contributed by atoms with Gasteiger partial charge >= 0.3 is 0 Å². The second-order valence-electron chi connectivity index (χ2n) is 10.3. The molecule has 226 valence electrons. The van der Waals surface area contributed by atoms with Crippen LogP contribution < -0.4 is 9.62 Å². The second-order valence-corrected chi connectivity index (χ2v) is 13.0. The van der Waals surface area contributed by atoms with E-state index in [0.717, 1.165) is 33.8 Å². The molecule has 10 heteroatoms. The van der Waals surface area contributed by atoms with E-state index in [4.69, 9.17) is 23.2 Å². The van der Waals surface area contributed by atoms with Crippen molar-refractivity contribution < 1.29 is 18.0 Å². The van der Waals surface area contributed by atoms with Crippen LogP contribution in [0.2, 0.25) is 10.0 Å². The van der Waals surface area contributed by atoms with Gasteiger partial charge in [-0.3, -0.25) is 13.9 Å². The number of unbranched alkanes of at least 4 members (excludes halogenated alkanes) is 1. The molecule has 3 rings (SSSR count). The highest BCUT2D eigenvalue weighted by molar-refractivity contribution is 7.92. The first-order valence-corrected chi connectivity index (χ1v) is 16.3. The van der Waals surface area contributed by atoms with E-state index in [1.165, 1.54) is 17.0 Å². The Kier molecular flexibility index (Phi) is 11.9. The van der Waals surface area contributed by atoms with Gasteiger partial charge in [0.2, 0.25) is 11.8 Å². The van der Waals surface area contributed by atoms with Crippen molar-refractivity contribution in [3.05, 3.63) is 93.0 Å². The Labute approximate surface area is 259 Å². The van der Waals surface area contributed by atoms with Crippen molar-refractivity contribution in [3.63, 3.8) is 0 Å².